The van der Waals surface area contributed by atoms with Crippen molar-refractivity contribution in [2.24, 2.45) is 5.41 Å². The number of carbonyl (C=O) groups is 1. The molecule has 0 amide bonds. The Hall–Kier alpha value is -1.27. The third-order valence-corrected chi connectivity index (χ3v) is 4.06. The molecule has 122 valence electrons. The van der Waals surface area contributed by atoms with Crippen LogP contribution >= 0.6 is 0 Å². The molecule has 2 rings (SSSR count). The van der Waals surface area contributed by atoms with E-state index in [1.54, 1.807) is 0 Å². The molecule has 1 saturated carbocycles. The highest BCUT2D eigenvalue weighted by atomic mass is 19.3. The van der Waals surface area contributed by atoms with Crippen LogP contribution in [0.3, 0.4) is 0 Å². The smallest absolute Gasteiger partial charge is 0.289 e. The van der Waals surface area contributed by atoms with E-state index in [1.807, 2.05) is 6.92 Å². The minimum atomic E-state index is -3.10. The fraction of sp³-hybridized carbons (Fsp3) is 0.733. The molecule has 22 heavy (non-hydrogen) atoms. The quantitative estimate of drug-likeness (QED) is 0.631. The Kier molecular flexibility index (Phi) is 4.63. The summed E-state index contributed by atoms with van der Waals surface area (Å²) in [6.07, 6.45) is 0.683. The standard InChI is InChI=1S/C15H21F3N2O.BH/c1-9-11(10(2)21)20(19-12(9)15(5,17)18)8-13(3)6-14(4,16)7-13;/h6-8H2,1-5H3;1H. The summed E-state index contributed by atoms with van der Waals surface area (Å²) in [5, 5.41) is 3.94. The van der Waals surface area contributed by atoms with Crippen molar-refractivity contribution < 1.29 is 18.0 Å². The summed E-state index contributed by atoms with van der Waals surface area (Å²) >= 11 is 0. The van der Waals surface area contributed by atoms with Crippen molar-refractivity contribution in [3.63, 3.8) is 0 Å². The fourth-order valence-corrected chi connectivity index (χ4v) is 3.73. The molecule has 0 unspecified atom stereocenters. The van der Waals surface area contributed by atoms with Gasteiger partial charge in [0.2, 0.25) is 0 Å². The molecule has 1 aromatic heterocycles. The van der Waals surface area contributed by atoms with E-state index in [4.69, 9.17) is 0 Å². The van der Waals surface area contributed by atoms with Crippen molar-refractivity contribution in [1.29, 1.82) is 0 Å². The summed E-state index contributed by atoms with van der Waals surface area (Å²) in [5.74, 6) is -3.41. The van der Waals surface area contributed by atoms with Gasteiger partial charge in [-0.15, -0.1) is 0 Å². The summed E-state index contributed by atoms with van der Waals surface area (Å²) < 4.78 is 42.2. The molecule has 0 saturated heterocycles. The predicted molar refractivity (Wildman–Crippen MR) is 80.5 cm³/mol. The molecule has 0 spiro atoms. The number of halogens is 3. The molecule has 0 atom stereocenters. The van der Waals surface area contributed by atoms with Crippen molar-refractivity contribution in [1.82, 2.24) is 9.78 Å². The normalized spacial score (nSPS) is 28.0. The van der Waals surface area contributed by atoms with Gasteiger partial charge in [0.15, 0.2) is 5.78 Å². The van der Waals surface area contributed by atoms with Crippen LogP contribution in [0.25, 0.3) is 0 Å². The lowest BCUT2D eigenvalue weighted by Gasteiger charge is -2.48. The van der Waals surface area contributed by atoms with Crippen molar-refractivity contribution in [3.8, 4) is 0 Å². The molecule has 0 aromatic carbocycles. The maximum Gasteiger partial charge on any atom is 0.289 e. The van der Waals surface area contributed by atoms with Gasteiger partial charge in [0.25, 0.3) is 5.92 Å². The number of hydrogen-bond acceptors (Lipinski definition) is 2. The van der Waals surface area contributed by atoms with E-state index in [2.05, 4.69) is 5.10 Å². The van der Waals surface area contributed by atoms with Gasteiger partial charge in [-0.2, -0.15) is 13.9 Å². The first-order valence-electron chi connectivity index (χ1n) is 7.00. The van der Waals surface area contributed by atoms with Gasteiger partial charge in [0.1, 0.15) is 17.1 Å². The lowest BCUT2D eigenvalue weighted by molar-refractivity contribution is -0.0550. The van der Waals surface area contributed by atoms with Crippen LogP contribution in [0.5, 0.6) is 0 Å². The Morgan fingerprint density at radius 3 is 2.23 bits per heavy atom. The first-order chi connectivity index (χ1) is 9.35. The highest BCUT2D eigenvalue weighted by Gasteiger charge is 2.50. The monoisotopic (exact) mass is 314 g/mol. The Bertz CT molecular complexity index is 582. The second-order valence-corrected chi connectivity index (χ2v) is 7.00. The third-order valence-electron chi connectivity index (χ3n) is 4.06. The number of hydrogen-bond donors (Lipinski definition) is 0. The lowest BCUT2D eigenvalue weighted by atomic mass is 9.62. The Morgan fingerprint density at radius 2 is 1.86 bits per heavy atom. The van der Waals surface area contributed by atoms with Crippen molar-refractivity contribution in [2.45, 2.75) is 65.6 Å². The van der Waals surface area contributed by atoms with Crippen LogP contribution < -0.4 is 0 Å². The molecule has 2 radical (unpaired) electrons. The maximum atomic E-state index is 13.7. The van der Waals surface area contributed by atoms with E-state index >= 15 is 0 Å². The van der Waals surface area contributed by atoms with Gasteiger partial charge >= 0.3 is 0 Å². The minimum Gasteiger partial charge on any atom is -0.293 e. The largest absolute Gasteiger partial charge is 0.293 e. The summed E-state index contributed by atoms with van der Waals surface area (Å²) in [5.41, 5.74) is -1.54. The molecule has 0 N–H and O–H groups in total. The number of Topliss-reactive ketones (excluding diaryl/α,β-unsaturated/α-hetero) is 1. The van der Waals surface area contributed by atoms with Crippen LogP contribution in [0.1, 0.15) is 62.3 Å². The van der Waals surface area contributed by atoms with E-state index in [1.165, 1.54) is 25.5 Å². The molecule has 1 aliphatic carbocycles. The Labute approximate surface area is 130 Å². The van der Waals surface area contributed by atoms with E-state index < -0.39 is 11.6 Å². The summed E-state index contributed by atoms with van der Waals surface area (Å²) in [4.78, 5) is 11.8. The zero-order valence-corrected chi connectivity index (χ0v) is 13.8. The van der Waals surface area contributed by atoms with Crippen LogP contribution in [-0.4, -0.2) is 29.6 Å². The first kappa shape index (κ1) is 18.8. The molecule has 0 bridgehead atoms. The number of rotatable bonds is 4. The third kappa shape index (κ3) is 3.38. The Balaban J connectivity index is 0.00000242. The van der Waals surface area contributed by atoms with Crippen molar-refractivity contribution >= 4 is 14.2 Å². The van der Waals surface area contributed by atoms with Crippen LogP contribution in [0.15, 0.2) is 0 Å². The molecule has 3 nitrogen and oxygen atoms in total. The number of alkyl halides is 3. The average Bonchev–Trinajstić information content (AvgIpc) is 2.50. The maximum absolute atomic E-state index is 13.7. The summed E-state index contributed by atoms with van der Waals surface area (Å²) in [6, 6.07) is 0. The van der Waals surface area contributed by atoms with Crippen LogP contribution in [0.4, 0.5) is 13.2 Å². The Morgan fingerprint density at radius 1 is 1.36 bits per heavy atom. The van der Waals surface area contributed by atoms with Crippen LogP contribution in [0.2, 0.25) is 0 Å². The van der Waals surface area contributed by atoms with E-state index in [9.17, 15) is 18.0 Å². The molecule has 1 aliphatic rings. The van der Waals surface area contributed by atoms with Gasteiger partial charge in [-0.05, 0) is 32.1 Å². The number of aromatic nitrogens is 2. The zero-order chi connectivity index (χ0) is 16.2. The van der Waals surface area contributed by atoms with Gasteiger partial charge in [-0.25, -0.2) is 4.39 Å². The highest BCUT2D eigenvalue weighted by Crippen LogP contribution is 2.51. The van der Waals surface area contributed by atoms with Crippen molar-refractivity contribution in [2.75, 3.05) is 0 Å². The molecular formula is C15H22BF3N2O. The molecule has 1 heterocycles. The molecule has 1 fully saturated rings. The average molecular weight is 314 g/mol. The number of carbonyl (C=O) groups excluding carboxylic acids is 1. The minimum absolute atomic E-state index is 0. The second kappa shape index (κ2) is 5.42. The fourth-order valence-electron chi connectivity index (χ4n) is 3.73. The van der Waals surface area contributed by atoms with Gasteiger partial charge in [0, 0.05) is 34.4 Å². The number of nitrogens with zero attached hydrogens (tertiary/aromatic N) is 2. The van der Waals surface area contributed by atoms with Crippen molar-refractivity contribution in [3.05, 3.63) is 17.0 Å². The molecular weight excluding hydrogens is 292 g/mol. The van der Waals surface area contributed by atoms with E-state index in [0.717, 1.165) is 6.92 Å². The van der Waals surface area contributed by atoms with Gasteiger partial charge in [0.05, 0.1) is 0 Å². The second-order valence-electron chi connectivity index (χ2n) is 7.00. The van der Waals surface area contributed by atoms with Gasteiger partial charge in [-0.3, -0.25) is 9.48 Å². The van der Waals surface area contributed by atoms with Gasteiger partial charge in [-0.1, -0.05) is 6.92 Å². The summed E-state index contributed by atoms with van der Waals surface area (Å²) in [6.45, 7) is 7.27. The SMILES string of the molecule is CC(=O)c1c(C)c(C(C)(F)F)nn1CC1(C)CC(C)(F)C1.[BH]. The predicted octanol–water partition coefficient (Wildman–Crippen LogP) is 3.39. The topological polar surface area (TPSA) is 34.9 Å². The van der Waals surface area contributed by atoms with E-state index in [-0.39, 0.29) is 43.1 Å². The van der Waals surface area contributed by atoms with Crippen LogP contribution in [0, 0.1) is 12.3 Å². The molecule has 1 aromatic rings. The summed E-state index contributed by atoms with van der Waals surface area (Å²) in [7, 11) is 0. The van der Waals surface area contributed by atoms with Gasteiger partial charge < -0.3 is 0 Å². The zero-order valence-electron chi connectivity index (χ0n) is 13.8. The highest BCUT2D eigenvalue weighted by molar-refractivity contribution is 5.94. The lowest BCUT2D eigenvalue weighted by Crippen LogP contribution is -2.47. The first-order valence-corrected chi connectivity index (χ1v) is 7.00. The van der Waals surface area contributed by atoms with E-state index in [0.29, 0.717) is 12.8 Å². The number of ketones is 1. The molecule has 7 heteroatoms. The molecule has 0 aliphatic heterocycles. The van der Waals surface area contributed by atoms with Crippen LogP contribution in [-0.2, 0) is 12.5 Å².